The van der Waals surface area contributed by atoms with Crippen LogP contribution in [-0.2, 0) is 25.7 Å². The number of carbonyl (C=O) groups excluding carboxylic acids is 4. The third-order valence-electron chi connectivity index (χ3n) is 10.8. The standard InChI is InChI=1S/C34H34BrCl2N3O6/c1-46-26-10-7-20(15-25(26)41)28-22-8-9-23-27(24(22)16-33(36)31(44)39(18-35)32(45)34(28,33)37)30(43)40(29(23)42)21-11-13-38(14-12-21)17-19-5-3-2-4-6-19/h2-8,10,15,21,23-24,27-28,41H,9,11-14,16-18H2,1H3/t23-,24+,27-,28-,33+,34-/m0/s1. The summed E-state index contributed by atoms with van der Waals surface area (Å²) in [7, 11) is 1.43. The van der Waals surface area contributed by atoms with Crippen LogP contribution < -0.4 is 4.74 Å². The molecule has 2 aromatic rings. The van der Waals surface area contributed by atoms with Crippen LogP contribution in [0, 0.1) is 17.8 Å². The van der Waals surface area contributed by atoms with Gasteiger partial charge in [-0.2, -0.15) is 0 Å². The molecule has 12 heteroatoms. The fourth-order valence-electron chi connectivity index (χ4n) is 8.57. The summed E-state index contributed by atoms with van der Waals surface area (Å²) < 4.78 is 5.24. The van der Waals surface area contributed by atoms with Crippen molar-refractivity contribution in [2.45, 2.75) is 53.9 Å². The number of nitrogens with zero attached hydrogens (tertiary/aromatic N) is 3. The van der Waals surface area contributed by atoms with E-state index in [9.17, 15) is 24.3 Å². The second-order valence-corrected chi connectivity index (χ2v) is 14.7. The van der Waals surface area contributed by atoms with Gasteiger partial charge in [0.25, 0.3) is 11.8 Å². The van der Waals surface area contributed by atoms with Crippen molar-refractivity contribution in [2.75, 3.05) is 25.7 Å². The van der Waals surface area contributed by atoms with Crippen LogP contribution in [0.25, 0.3) is 0 Å². The molecule has 0 aromatic heterocycles. The molecule has 0 radical (unpaired) electrons. The Morgan fingerprint density at radius 2 is 1.70 bits per heavy atom. The molecule has 5 aliphatic rings. The molecule has 9 nitrogen and oxygen atoms in total. The number of amides is 4. The predicted molar refractivity (Wildman–Crippen MR) is 175 cm³/mol. The van der Waals surface area contributed by atoms with Crippen molar-refractivity contribution in [3.8, 4) is 11.5 Å². The Bertz CT molecular complexity index is 1650. The first-order valence-electron chi connectivity index (χ1n) is 15.5. The highest BCUT2D eigenvalue weighted by molar-refractivity contribution is 9.09. The third-order valence-corrected chi connectivity index (χ3v) is 12.7. The number of alkyl halides is 3. The number of phenolic OH excluding ortho intramolecular Hbond substituents is 1. The molecule has 242 valence electrons. The van der Waals surface area contributed by atoms with Gasteiger partial charge in [-0.05, 0) is 54.9 Å². The number of carbonyl (C=O) groups is 4. The molecule has 3 aliphatic heterocycles. The van der Waals surface area contributed by atoms with Crippen molar-refractivity contribution in [1.82, 2.24) is 14.7 Å². The number of imide groups is 2. The highest BCUT2D eigenvalue weighted by Crippen LogP contribution is 2.65. The third kappa shape index (κ3) is 4.50. The van der Waals surface area contributed by atoms with Gasteiger partial charge in [0.15, 0.2) is 21.2 Å². The van der Waals surface area contributed by atoms with Crippen molar-refractivity contribution in [1.29, 1.82) is 0 Å². The van der Waals surface area contributed by atoms with E-state index in [0.717, 1.165) is 24.5 Å². The number of likely N-dealkylation sites (tertiary alicyclic amines) is 3. The van der Waals surface area contributed by atoms with Gasteiger partial charge < -0.3 is 9.84 Å². The fourth-order valence-corrected chi connectivity index (χ4v) is 10.0. The molecule has 6 atom stereocenters. The second-order valence-electron chi connectivity index (χ2n) is 13.0. The maximum Gasteiger partial charge on any atom is 0.254 e. The van der Waals surface area contributed by atoms with E-state index < -0.39 is 45.2 Å². The number of phenols is 1. The van der Waals surface area contributed by atoms with Gasteiger partial charge in [0, 0.05) is 31.6 Å². The Hall–Kier alpha value is -2.92. The molecular formula is C34H34BrCl2N3O6. The minimum absolute atomic E-state index is 0.0693. The summed E-state index contributed by atoms with van der Waals surface area (Å²) in [6.45, 7) is 2.34. The summed E-state index contributed by atoms with van der Waals surface area (Å²) >= 11 is 17.8. The van der Waals surface area contributed by atoms with Gasteiger partial charge >= 0.3 is 0 Å². The fraction of sp³-hybridized carbons (Fsp3) is 0.471. The lowest BCUT2D eigenvalue weighted by Gasteiger charge is -2.50. The number of ether oxygens (including phenoxy) is 1. The van der Waals surface area contributed by atoms with E-state index >= 15 is 0 Å². The van der Waals surface area contributed by atoms with Gasteiger partial charge in [-0.1, -0.05) is 64.0 Å². The average Bonchev–Trinajstić information content (AvgIpc) is 3.39. The minimum atomic E-state index is -1.92. The number of benzene rings is 2. The van der Waals surface area contributed by atoms with Gasteiger partial charge in [0.05, 0.1) is 24.4 Å². The number of methoxy groups -OCH3 is 1. The van der Waals surface area contributed by atoms with E-state index in [4.69, 9.17) is 27.9 Å². The van der Waals surface area contributed by atoms with E-state index in [-0.39, 0.29) is 41.2 Å². The van der Waals surface area contributed by atoms with Crippen molar-refractivity contribution in [3.05, 3.63) is 71.3 Å². The molecule has 1 N–H and O–H groups in total. The summed E-state index contributed by atoms with van der Waals surface area (Å²) in [6.07, 6.45) is 3.50. The van der Waals surface area contributed by atoms with Crippen LogP contribution in [-0.4, -0.2) is 84.9 Å². The molecule has 0 unspecified atom stereocenters. The molecule has 7 rings (SSSR count). The zero-order valence-corrected chi connectivity index (χ0v) is 28.3. The van der Waals surface area contributed by atoms with Crippen molar-refractivity contribution in [2.24, 2.45) is 17.8 Å². The van der Waals surface area contributed by atoms with Crippen LogP contribution in [0.2, 0.25) is 0 Å². The number of piperidine rings is 1. The molecule has 4 fully saturated rings. The largest absolute Gasteiger partial charge is 0.504 e. The van der Waals surface area contributed by atoms with E-state index in [1.54, 1.807) is 12.1 Å². The Balaban J connectivity index is 1.22. The number of rotatable bonds is 6. The number of fused-ring (bicyclic) bond motifs is 4. The molecule has 0 spiro atoms. The molecule has 2 aromatic carbocycles. The number of halogens is 3. The van der Waals surface area contributed by atoms with Crippen LogP contribution in [0.3, 0.4) is 0 Å². The van der Waals surface area contributed by atoms with E-state index in [2.05, 4.69) is 33.0 Å². The van der Waals surface area contributed by atoms with Crippen LogP contribution in [0.5, 0.6) is 11.5 Å². The Labute approximate surface area is 285 Å². The number of hydrogen-bond donors (Lipinski definition) is 1. The first-order chi connectivity index (χ1) is 22.0. The summed E-state index contributed by atoms with van der Waals surface area (Å²) in [5, 5.41) is 10.7. The lowest BCUT2D eigenvalue weighted by atomic mass is 9.56. The van der Waals surface area contributed by atoms with Crippen molar-refractivity contribution in [3.63, 3.8) is 0 Å². The van der Waals surface area contributed by atoms with Crippen LogP contribution in [0.4, 0.5) is 0 Å². The van der Waals surface area contributed by atoms with E-state index in [1.807, 2.05) is 24.3 Å². The molecule has 4 amide bonds. The van der Waals surface area contributed by atoms with Crippen LogP contribution in [0.1, 0.15) is 42.7 Å². The first-order valence-corrected chi connectivity index (χ1v) is 17.4. The first kappa shape index (κ1) is 31.7. The van der Waals surface area contributed by atoms with Gasteiger partial charge in [-0.25, -0.2) is 0 Å². The molecule has 3 saturated heterocycles. The van der Waals surface area contributed by atoms with Crippen LogP contribution >= 0.6 is 39.1 Å². The molecule has 1 saturated carbocycles. The molecule has 46 heavy (non-hydrogen) atoms. The zero-order valence-electron chi connectivity index (χ0n) is 25.2. The molecule has 0 bridgehead atoms. The molecule has 3 heterocycles. The SMILES string of the molecule is COc1ccc([C@H]2C3=CC[C@@H]4C(=O)N(C5CCN(Cc6ccccc6)CC5)C(=O)[C@@H]4[C@@H]3C[C@@]3(Cl)C(=O)N(CBr)C(=O)[C@@]23Cl)cc1O. The lowest BCUT2D eigenvalue weighted by molar-refractivity contribution is -0.144. The lowest BCUT2D eigenvalue weighted by Crippen LogP contribution is -2.60. The Kier molecular flexibility index (Phi) is 8.02. The smallest absolute Gasteiger partial charge is 0.254 e. The quantitative estimate of drug-likeness (QED) is 0.198. The number of allylic oxidation sites excluding steroid dienone is 2. The van der Waals surface area contributed by atoms with Gasteiger partial charge in [0.2, 0.25) is 11.8 Å². The second kappa shape index (κ2) is 11.6. The average molecular weight is 731 g/mol. The normalized spacial score (nSPS) is 33.2. The van der Waals surface area contributed by atoms with Crippen LogP contribution in [0.15, 0.2) is 60.2 Å². The molecular weight excluding hydrogens is 697 g/mol. The Morgan fingerprint density at radius 1 is 0.978 bits per heavy atom. The monoisotopic (exact) mass is 729 g/mol. The van der Waals surface area contributed by atoms with Crippen molar-refractivity contribution < 1.29 is 29.0 Å². The number of aromatic hydroxyl groups is 1. The highest BCUT2D eigenvalue weighted by Gasteiger charge is 2.76. The highest BCUT2D eigenvalue weighted by atomic mass is 79.9. The zero-order chi connectivity index (χ0) is 32.5. The maximum atomic E-state index is 14.4. The molecule has 2 aliphatic carbocycles. The number of hydrogen-bond acceptors (Lipinski definition) is 7. The topological polar surface area (TPSA) is 107 Å². The van der Waals surface area contributed by atoms with Gasteiger partial charge in [-0.15, -0.1) is 23.2 Å². The van der Waals surface area contributed by atoms with Crippen molar-refractivity contribution >= 4 is 62.8 Å². The minimum Gasteiger partial charge on any atom is -0.504 e. The van der Waals surface area contributed by atoms with E-state index in [1.165, 1.54) is 23.6 Å². The summed E-state index contributed by atoms with van der Waals surface area (Å²) in [5.41, 5.74) is 2.28. The van der Waals surface area contributed by atoms with Gasteiger partial charge in [-0.3, -0.25) is 33.9 Å². The Morgan fingerprint density at radius 3 is 2.35 bits per heavy atom. The van der Waals surface area contributed by atoms with E-state index in [0.29, 0.717) is 30.4 Å². The summed E-state index contributed by atoms with van der Waals surface area (Å²) in [6, 6.07) is 14.7. The summed E-state index contributed by atoms with van der Waals surface area (Å²) in [5.74, 6) is -4.54. The summed E-state index contributed by atoms with van der Waals surface area (Å²) in [4.78, 5) is 57.1. The van der Waals surface area contributed by atoms with Gasteiger partial charge in [0.1, 0.15) is 0 Å². The maximum absolute atomic E-state index is 14.4. The predicted octanol–water partition coefficient (Wildman–Crippen LogP) is 4.78.